The molecule has 0 fully saturated rings. The minimum absolute atomic E-state index is 0.113. The van der Waals surface area contributed by atoms with Gasteiger partial charge in [0.25, 0.3) is 5.91 Å². The molecule has 0 aliphatic heterocycles. The Bertz CT molecular complexity index is 866. The molecule has 0 radical (unpaired) electrons. The highest BCUT2D eigenvalue weighted by atomic mass is 16.5. The summed E-state index contributed by atoms with van der Waals surface area (Å²) in [6.45, 7) is 2.01. The summed E-state index contributed by atoms with van der Waals surface area (Å²) in [4.78, 5) is 30.0. The van der Waals surface area contributed by atoms with Gasteiger partial charge in [0.05, 0.1) is 0 Å². The van der Waals surface area contributed by atoms with Gasteiger partial charge in [0.1, 0.15) is 6.04 Å². The number of aromatic nitrogens is 5. The lowest BCUT2D eigenvalue weighted by Crippen LogP contribution is -2.31. The molecule has 0 spiro atoms. The number of carbonyl (C=O) groups excluding carboxylic acids is 1. The summed E-state index contributed by atoms with van der Waals surface area (Å²) >= 11 is 0. The van der Waals surface area contributed by atoms with Crippen molar-refractivity contribution in [2.75, 3.05) is 0 Å². The Hall–Kier alpha value is -3.23. The fourth-order valence-electron chi connectivity index (χ4n) is 2.22. The molecule has 0 aliphatic rings. The monoisotopic (exact) mass is 328 g/mol. The summed E-state index contributed by atoms with van der Waals surface area (Å²) in [5.74, 6) is 0.189. The smallest absolute Gasteiger partial charge is 0.339 e. The van der Waals surface area contributed by atoms with Crippen molar-refractivity contribution in [2.24, 2.45) is 0 Å². The van der Waals surface area contributed by atoms with Gasteiger partial charge in [0.15, 0.2) is 5.82 Å². The molecule has 3 aromatic rings. The van der Waals surface area contributed by atoms with E-state index in [1.807, 2.05) is 37.3 Å². The van der Waals surface area contributed by atoms with E-state index in [0.29, 0.717) is 18.1 Å². The van der Waals surface area contributed by atoms with Crippen molar-refractivity contribution in [2.45, 2.75) is 25.8 Å². The van der Waals surface area contributed by atoms with Crippen molar-refractivity contribution < 1.29 is 9.32 Å². The normalized spacial score (nSPS) is 12.0. The molecule has 0 unspecified atom stereocenters. The van der Waals surface area contributed by atoms with E-state index in [9.17, 15) is 9.59 Å². The third kappa shape index (κ3) is 3.40. The Labute approximate surface area is 136 Å². The maximum atomic E-state index is 12.3. The molecule has 0 bridgehead atoms. The topological polar surface area (TPSA) is 130 Å². The standard InChI is InChI=1S/C15H16N6O3/c1-2-6-10-16-12(21-24-10)11(9-7-4-3-5-8-9)17-14(22)13-18-15(23)20-19-13/h3-5,7-8,11H,2,6H2,1H3,(H,17,22)(H2,18,19,20,23)/t11-/m0/s1. The molecule has 3 rings (SSSR count). The average Bonchev–Trinajstić information content (AvgIpc) is 3.23. The first-order valence-electron chi connectivity index (χ1n) is 7.50. The molecule has 1 atom stereocenters. The van der Waals surface area contributed by atoms with Gasteiger partial charge in [-0.05, 0) is 12.0 Å². The highest BCUT2D eigenvalue weighted by Gasteiger charge is 2.24. The molecular weight excluding hydrogens is 312 g/mol. The van der Waals surface area contributed by atoms with E-state index in [1.165, 1.54) is 0 Å². The van der Waals surface area contributed by atoms with E-state index in [0.717, 1.165) is 12.0 Å². The van der Waals surface area contributed by atoms with E-state index in [2.05, 4.69) is 30.6 Å². The molecular formula is C15H16N6O3. The Balaban J connectivity index is 1.90. The van der Waals surface area contributed by atoms with Crippen LogP contribution in [0.25, 0.3) is 0 Å². The van der Waals surface area contributed by atoms with E-state index >= 15 is 0 Å². The number of rotatable bonds is 6. The van der Waals surface area contributed by atoms with Gasteiger partial charge in [0.2, 0.25) is 11.7 Å². The number of aryl methyl sites for hydroxylation is 1. The van der Waals surface area contributed by atoms with Crippen molar-refractivity contribution >= 4 is 5.91 Å². The summed E-state index contributed by atoms with van der Waals surface area (Å²) in [5, 5.41) is 12.5. The number of hydrogen-bond donors (Lipinski definition) is 3. The predicted molar refractivity (Wildman–Crippen MR) is 83.3 cm³/mol. The van der Waals surface area contributed by atoms with Crippen molar-refractivity contribution in [1.29, 1.82) is 0 Å². The van der Waals surface area contributed by atoms with E-state index in [-0.39, 0.29) is 5.82 Å². The van der Waals surface area contributed by atoms with Crippen LogP contribution in [0.2, 0.25) is 0 Å². The van der Waals surface area contributed by atoms with E-state index in [1.54, 1.807) is 0 Å². The average molecular weight is 328 g/mol. The minimum atomic E-state index is -0.617. The van der Waals surface area contributed by atoms with Crippen LogP contribution in [0.5, 0.6) is 0 Å². The van der Waals surface area contributed by atoms with Crippen LogP contribution in [0.15, 0.2) is 39.6 Å². The SMILES string of the molecule is CCCc1nc([C@@H](NC(=O)c2n[nH]c(=O)[nH]2)c2ccccc2)no1. The highest BCUT2D eigenvalue weighted by Crippen LogP contribution is 2.20. The Morgan fingerprint density at radius 1 is 1.33 bits per heavy atom. The lowest BCUT2D eigenvalue weighted by Gasteiger charge is -2.14. The zero-order chi connectivity index (χ0) is 16.9. The van der Waals surface area contributed by atoms with E-state index in [4.69, 9.17) is 4.52 Å². The van der Waals surface area contributed by atoms with Crippen molar-refractivity contribution in [3.63, 3.8) is 0 Å². The van der Waals surface area contributed by atoms with Gasteiger partial charge in [-0.15, -0.1) is 5.10 Å². The molecule has 9 nitrogen and oxygen atoms in total. The molecule has 2 aromatic heterocycles. The third-order valence-electron chi connectivity index (χ3n) is 3.33. The van der Waals surface area contributed by atoms with Gasteiger partial charge >= 0.3 is 5.69 Å². The molecule has 124 valence electrons. The first-order valence-corrected chi connectivity index (χ1v) is 7.50. The number of nitrogens with one attached hydrogen (secondary N) is 3. The molecule has 9 heteroatoms. The second-order valence-corrected chi connectivity index (χ2v) is 5.14. The maximum absolute atomic E-state index is 12.3. The number of hydrogen-bond acceptors (Lipinski definition) is 6. The zero-order valence-electron chi connectivity index (χ0n) is 12.9. The van der Waals surface area contributed by atoms with Gasteiger partial charge in [-0.2, -0.15) is 4.98 Å². The Morgan fingerprint density at radius 2 is 2.12 bits per heavy atom. The van der Waals surface area contributed by atoms with E-state index < -0.39 is 17.6 Å². The number of aromatic amines is 2. The first kappa shape index (κ1) is 15.7. The number of nitrogens with zero attached hydrogens (tertiary/aromatic N) is 3. The fraction of sp³-hybridized carbons (Fsp3) is 0.267. The zero-order valence-corrected chi connectivity index (χ0v) is 12.9. The van der Waals surface area contributed by atoms with Crippen LogP contribution in [0, 0.1) is 0 Å². The van der Waals surface area contributed by atoms with Crippen molar-refractivity contribution in [3.05, 3.63) is 63.9 Å². The van der Waals surface area contributed by atoms with Gasteiger partial charge in [-0.1, -0.05) is 42.4 Å². The Kier molecular flexibility index (Phi) is 4.50. The molecule has 1 aromatic carbocycles. The van der Waals surface area contributed by atoms with Crippen LogP contribution in [-0.2, 0) is 6.42 Å². The van der Waals surface area contributed by atoms with Crippen LogP contribution >= 0.6 is 0 Å². The predicted octanol–water partition coefficient (Wildman–Crippen LogP) is 0.953. The lowest BCUT2D eigenvalue weighted by atomic mass is 10.1. The van der Waals surface area contributed by atoms with Gasteiger partial charge in [-0.25, -0.2) is 9.89 Å². The molecule has 2 heterocycles. The quantitative estimate of drug-likeness (QED) is 0.618. The summed E-state index contributed by atoms with van der Waals surface area (Å²) in [7, 11) is 0. The van der Waals surface area contributed by atoms with Gasteiger partial charge < -0.3 is 9.84 Å². The number of H-pyrrole nitrogens is 2. The second kappa shape index (κ2) is 6.90. The lowest BCUT2D eigenvalue weighted by molar-refractivity contribution is 0.0931. The number of amides is 1. The summed E-state index contributed by atoms with van der Waals surface area (Å²) in [6, 6.07) is 8.62. The first-order chi connectivity index (χ1) is 11.7. The Morgan fingerprint density at radius 3 is 2.79 bits per heavy atom. The van der Waals surface area contributed by atoms with Crippen LogP contribution in [0.4, 0.5) is 0 Å². The fourth-order valence-corrected chi connectivity index (χ4v) is 2.22. The second-order valence-electron chi connectivity index (χ2n) is 5.14. The van der Waals surface area contributed by atoms with Crippen LogP contribution in [0.3, 0.4) is 0 Å². The summed E-state index contributed by atoms with van der Waals surface area (Å²) in [5.41, 5.74) is 0.230. The maximum Gasteiger partial charge on any atom is 0.341 e. The minimum Gasteiger partial charge on any atom is -0.339 e. The summed E-state index contributed by atoms with van der Waals surface area (Å²) in [6.07, 6.45) is 1.54. The number of benzene rings is 1. The largest absolute Gasteiger partial charge is 0.341 e. The molecule has 0 aliphatic carbocycles. The molecule has 1 amide bonds. The van der Waals surface area contributed by atoms with Crippen LogP contribution < -0.4 is 11.0 Å². The van der Waals surface area contributed by atoms with Gasteiger partial charge in [-0.3, -0.25) is 9.78 Å². The summed E-state index contributed by atoms with van der Waals surface area (Å²) < 4.78 is 5.21. The molecule has 0 saturated carbocycles. The third-order valence-corrected chi connectivity index (χ3v) is 3.33. The van der Waals surface area contributed by atoms with Crippen molar-refractivity contribution in [3.8, 4) is 0 Å². The van der Waals surface area contributed by atoms with Crippen LogP contribution in [-0.4, -0.2) is 31.2 Å². The highest BCUT2D eigenvalue weighted by molar-refractivity contribution is 5.90. The molecule has 24 heavy (non-hydrogen) atoms. The van der Waals surface area contributed by atoms with Crippen molar-refractivity contribution in [1.82, 2.24) is 30.6 Å². The molecule has 3 N–H and O–H groups in total. The van der Waals surface area contributed by atoms with Gasteiger partial charge in [0, 0.05) is 6.42 Å². The molecule has 0 saturated heterocycles. The number of carbonyl (C=O) groups is 1. The van der Waals surface area contributed by atoms with Crippen LogP contribution in [0.1, 0.15) is 47.3 Å².